The molecule has 3 atom stereocenters. The lowest BCUT2D eigenvalue weighted by atomic mass is 10.0. The van der Waals surface area contributed by atoms with E-state index < -0.39 is 12.1 Å². The summed E-state index contributed by atoms with van der Waals surface area (Å²) in [4.78, 5) is 27.4. The fraction of sp³-hybridized carbons (Fsp3) is 0.455. The van der Waals surface area contributed by atoms with Crippen LogP contribution in [0.25, 0.3) is 0 Å². The highest BCUT2D eigenvalue weighted by molar-refractivity contribution is 9.09. The van der Waals surface area contributed by atoms with Gasteiger partial charge in [-0.25, -0.2) is 4.79 Å². The molecule has 1 aliphatic carbocycles. The van der Waals surface area contributed by atoms with E-state index in [4.69, 9.17) is 0 Å². The minimum Gasteiger partial charge on any atom is -0.391 e. The molecule has 0 spiro atoms. The second-order valence-corrected chi connectivity index (χ2v) is 9.16. The number of carbonyl (C=O) groups excluding carboxylic acids is 2. The van der Waals surface area contributed by atoms with Crippen LogP contribution in [0, 0.1) is 0 Å². The fourth-order valence-electron chi connectivity index (χ4n) is 4.15. The Hall–Kier alpha value is -2.16. The third-order valence-electron chi connectivity index (χ3n) is 5.76. The van der Waals surface area contributed by atoms with Crippen molar-refractivity contribution in [2.75, 3.05) is 25.0 Å². The number of rotatable bonds is 3. The molecule has 0 saturated carbocycles. The number of likely N-dealkylation sites (tertiary alicyclic amines) is 1. The number of benzene rings is 1. The summed E-state index contributed by atoms with van der Waals surface area (Å²) in [5.41, 5.74) is 3.97. The number of aliphatic hydroxyl groups excluding tert-OH is 1. The quantitative estimate of drug-likeness (QED) is 0.504. The Morgan fingerprint density at radius 3 is 2.73 bits per heavy atom. The zero-order valence-corrected chi connectivity index (χ0v) is 18.3. The zero-order valence-electron chi connectivity index (χ0n) is 16.7. The van der Waals surface area contributed by atoms with Crippen molar-refractivity contribution in [2.24, 2.45) is 0 Å². The fourth-order valence-corrected chi connectivity index (χ4v) is 4.49. The summed E-state index contributed by atoms with van der Waals surface area (Å²) in [6.07, 6.45) is 7.94. The first-order valence-electron chi connectivity index (χ1n) is 10.4. The molecular weight excluding hydrogens is 448 g/mol. The van der Waals surface area contributed by atoms with Gasteiger partial charge >= 0.3 is 6.03 Å². The standard InChI is InChI=1S/C22H27BrN4O3/c23-16-2-5-17(6-3-16)26-22(30)27-13-19(28)12-20(27)21(29)25-18-4-1-14-7-9-24-10-8-15(14)11-18/h1-2,4-6,11,16,19-20,24,28H,3,7-10,12-13H2,(H,25,29)(H,26,30). The van der Waals surface area contributed by atoms with Crippen molar-refractivity contribution in [2.45, 2.75) is 42.7 Å². The van der Waals surface area contributed by atoms with E-state index in [-0.39, 0.29) is 29.7 Å². The first-order valence-corrected chi connectivity index (χ1v) is 11.3. The van der Waals surface area contributed by atoms with Gasteiger partial charge < -0.3 is 26.0 Å². The van der Waals surface area contributed by atoms with Gasteiger partial charge in [0.15, 0.2) is 0 Å². The average Bonchev–Trinajstić information content (AvgIpc) is 2.97. The first-order chi connectivity index (χ1) is 14.5. The smallest absolute Gasteiger partial charge is 0.322 e. The number of carbonyl (C=O) groups is 2. The van der Waals surface area contributed by atoms with Crippen molar-refractivity contribution in [1.29, 1.82) is 0 Å². The molecule has 3 unspecified atom stereocenters. The summed E-state index contributed by atoms with van der Waals surface area (Å²) >= 11 is 3.50. The third-order valence-corrected chi connectivity index (χ3v) is 6.44. The predicted octanol–water partition coefficient (Wildman–Crippen LogP) is 2.07. The predicted molar refractivity (Wildman–Crippen MR) is 120 cm³/mol. The van der Waals surface area contributed by atoms with Gasteiger partial charge in [0, 0.05) is 29.2 Å². The van der Waals surface area contributed by atoms with Crippen molar-refractivity contribution in [1.82, 2.24) is 15.5 Å². The van der Waals surface area contributed by atoms with Crippen LogP contribution in [0.3, 0.4) is 0 Å². The largest absolute Gasteiger partial charge is 0.391 e. The maximum absolute atomic E-state index is 13.0. The second-order valence-electron chi connectivity index (χ2n) is 7.98. The molecule has 4 N–H and O–H groups in total. The number of allylic oxidation sites excluding steroid dienone is 3. The molecule has 1 saturated heterocycles. The first kappa shape index (κ1) is 21.1. The van der Waals surface area contributed by atoms with Crippen molar-refractivity contribution in [3.63, 3.8) is 0 Å². The van der Waals surface area contributed by atoms with Crippen LogP contribution >= 0.6 is 15.9 Å². The number of alkyl halides is 1. The molecule has 1 aromatic carbocycles. The molecule has 30 heavy (non-hydrogen) atoms. The Kier molecular flexibility index (Phi) is 6.55. The number of anilines is 1. The van der Waals surface area contributed by atoms with E-state index >= 15 is 0 Å². The van der Waals surface area contributed by atoms with Crippen LogP contribution in [-0.2, 0) is 17.6 Å². The lowest BCUT2D eigenvalue weighted by molar-refractivity contribution is -0.119. The Bertz CT molecular complexity index is 885. The van der Waals surface area contributed by atoms with Gasteiger partial charge in [0.1, 0.15) is 6.04 Å². The van der Waals surface area contributed by atoms with Crippen molar-refractivity contribution in [3.8, 4) is 0 Å². The molecule has 160 valence electrons. The molecule has 3 aliphatic rings. The summed E-state index contributed by atoms with van der Waals surface area (Å²) in [6, 6.07) is 4.91. The highest BCUT2D eigenvalue weighted by atomic mass is 79.9. The third kappa shape index (κ3) is 4.94. The number of urea groups is 1. The summed E-state index contributed by atoms with van der Waals surface area (Å²) in [6.45, 7) is 2.02. The normalized spacial score (nSPS) is 25.9. The van der Waals surface area contributed by atoms with E-state index in [9.17, 15) is 14.7 Å². The van der Waals surface area contributed by atoms with E-state index in [1.165, 1.54) is 16.0 Å². The number of nitrogens with one attached hydrogen (secondary N) is 3. The van der Waals surface area contributed by atoms with E-state index in [1.807, 2.05) is 30.4 Å². The van der Waals surface area contributed by atoms with E-state index in [0.717, 1.165) is 38.0 Å². The highest BCUT2D eigenvalue weighted by Crippen LogP contribution is 2.23. The van der Waals surface area contributed by atoms with Crippen LogP contribution in [0.15, 0.2) is 42.1 Å². The number of aliphatic hydroxyl groups is 1. The van der Waals surface area contributed by atoms with Crippen LogP contribution in [0.1, 0.15) is 24.0 Å². The van der Waals surface area contributed by atoms with Gasteiger partial charge in [-0.1, -0.05) is 34.1 Å². The average molecular weight is 475 g/mol. The molecule has 0 aromatic heterocycles. The molecule has 0 bridgehead atoms. The Labute approximate surface area is 184 Å². The number of nitrogens with zero attached hydrogens (tertiary/aromatic N) is 1. The number of amides is 3. The number of halogens is 1. The Balaban J connectivity index is 1.42. The summed E-state index contributed by atoms with van der Waals surface area (Å²) in [5.74, 6) is -0.276. The highest BCUT2D eigenvalue weighted by Gasteiger charge is 2.39. The second kappa shape index (κ2) is 9.32. The lowest BCUT2D eigenvalue weighted by Gasteiger charge is -2.25. The van der Waals surface area contributed by atoms with Crippen LogP contribution in [0.4, 0.5) is 10.5 Å². The number of β-amino-alcohol motifs (C(OH)–C–C–N with tert-alkyl or cyclic N) is 1. The van der Waals surface area contributed by atoms with Crippen molar-refractivity contribution < 1.29 is 14.7 Å². The number of fused-ring (bicyclic) bond motifs is 1. The minimum absolute atomic E-state index is 0.137. The molecule has 7 nitrogen and oxygen atoms in total. The maximum atomic E-state index is 13.0. The van der Waals surface area contributed by atoms with Gasteiger partial charge in [0.05, 0.1) is 6.10 Å². The van der Waals surface area contributed by atoms with Gasteiger partial charge in [0.25, 0.3) is 0 Å². The molecule has 0 radical (unpaired) electrons. The van der Waals surface area contributed by atoms with Gasteiger partial charge in [0.2, 0.25) is 5.91 Å². The topological polar surface area (TPSA) is 93.7 Å². The van der Waals surface area contributed by atoms with Gasteiger partial charge in [-0.3, -0.25) is 4.79 Å². The van der Waals surface area contributed by atoms with E-state index in [2.05, 4.69) is 37.9 Å². The van der Waals surface area contributed by atoms with Gasteiger partial charge in [-0.15, -0.1) is 0 Å². The van der Waals surface area contributed by atoms with Crippen molar-refractivity contribution in [3.05, 3.63) is 53.3 Å². The van der Waals surface area contributed by atoms with Gasteiger partial charge in [-0.2, -0.15) is 0 Å². The summed E-state index contributed by atoms with van der Waals surface area (Å²) in [7, 11) is 0. The monoisotopic (exact) mass is 474 g/mol. The molecule has 4 rings (SSSR count). The Morgan fingerprint density at radius 1 is 1.17 bits per heavy atom. The SMILES string of the molecule is O=C(Nc1ccc2c(c1)CCNCC2)C1CC(O)CN1C(=O)NC1=CCC(Br)C=C1. The van der Waals surface area contributed by atoms with Crippen molar-refractivity contribution >= 4 is 33.6 Å². The molecule has 8 heteroatoms. The minimum atomic E-state index is -0.715. The molecular formula is C22H27BrN4O3. The van der Waals surface area contributed by atoms with E-state index in [1.54, 1.807) is 0 Å². The summed E-state index contributed by atoms with van der Waals surface area (Å²) in [5, 5.41) is 19.3. The Morgan fingerprint density at radius 2 is 1.97 bits per heavy atom. The van der Waals surface area contributed by atoms with Crippen LogP contribution < -0.4 is 16.0 Å². The maximum Gasteiger partial charge on any atom is 0.322 e. The van der Waals surface area contributed by atoms with E-state index in [0.29, 0.717) is 5.70 Å². The molecule has 2 heterocycles. The van der Waals surface area contributed by atoms with Crippen LogP contribution in [0.2, 0.25) is 0 Å². The molecule has 1 aromatic rings. The lowest BCUT2D eigenvalue weighted by Crippen LogP contribution is -2.47. The summed E-state index contributed by atoms with van der Waals surface area (Å²) < 4.78 is 0. The molecule has 2 aliphatic heterocycles. The zero-order chi connectivity index (χ0) is 21.1. The van der Waals surface area contributed by atoms with Gasteiger partial charge in [-0.05, 0) is 61.7 Å². The van der Waals surface area contributed by atoms with Crippen LogP contribution in [-0.4, -0.2) is 58.6 Å². The number of hydrogen-bond donors (Lipinski definition) is 4. The molecule has 3 amide bonds. The number of hydrogen-bond acceptors (Lipinski definition) is 4. The van der Waals surface area contributed by atoms with Crippen LogP contribution in [0.5, 0.6) is 0 Å². The molecule has 1 fully saturated rings.